The minimum atomic E-state index is -0.381. The number of hydrogen-bond donors (Lipinski definition) is 2. The summed E-state index contributed by atoms with van der Waals surface area (Å²) in [6.45, 7) is 2.67. The molecule has 0 fully saturated rings. The first-order valence-electron chi connectivity index (χ1n) is 5.05. The SMILES string of the molecule is CCNc1nc(N)nc2sc(C(=O)OC)cc12. The zero-order chi connectivity index (χ0) is 12.4. The summed E-state index contributed by atoms with van der Waals surface area (Å²) in [5, 5.41) is 3.87. The highest BCUT2D eigenvalue weighted by Crippen LogP contribution is 2.29. The maximum absolute atomic E-state index is 11.4. The number of nitrogens with zero attached hydrogens (tertiary/aromatic N) is 2. The summed E-state index contributed by atoms with van der Waals surface area (Å²) < 4.78 is 4.67. The van der Waals surface area contributed by atoms with Gasteiger partial charge in [-0.3, -0.25) is 0 Å². The molecule has 0 amide bonds. The number of nitrogen functional groups attached to an aromatic ring is 1. The smallest absolute Gasteiger partial charge is 0.348 e. The quantitative estimate of drug-likeness (QED) is 0.804. The van der Waals surface area contributed by atoms with E-state index < -0.39 is 0 Å². The summed E-state index contributed by atoms with van der Waals surface area (Å²) in [4.78, 5) is 20.8. The van der Waals surface area contributed by atoms with Crippen LogP contribution in [-0.4, -0.2) is 29.6 Å². The number of methoxy groups -OCH3 is 1. The van der Waals surface area contributed by atoms with Gasteiger partial charge in [0.25, 0.3) is 0 Å². The maximum atomic E-state index is 11.4. The molecule has 2 rings (SSSR count). The molecule has 0 spiro atoms. The third-order valence-electron chi connectivity index (χ3n) is 2.14. The molecule has 0 aliphatic heterocycles. The predicted molar refractivity (Wildman–Crippen MR) is 67.3 cm³/mol. The van der Waals surface area contributed by atoms with E-state index in [0.717, 1.165) is 11.9 Å². The first-order valence-corrected chi connectivity index (χ1v) is 5.86. The highest BCUT2D eigenvalue weighted by atomic mass is 32.1. The van der Waals surface area contributed by atoms with Crippen molar-refractivity contribution in [1.82, 2.24) is 9.97 Å². The minimum Gasteiger partial charge on any atom is -0.465 e. The van der Waals surface area contributed by atoms with Gasteiger partial charge in [-0.1, -0.05) is 0 Å². The number of aromatic nitrogens is 2. The molecule has 0 radical (unpaired) electrons. The number of fused-ring (bicyclic) bond motifs is 1. The largest absolute Gasteiger partial charge is 0.465 e. The van der Waals surface area contributed by atoms with E-state index in [9.17, 15) is 4.79 Å². The van der Waals surface area contributed by atoms with Crippen LogP contribution in [0.4, 0.5) is 11.8 Å². The molecular weight excluding hydrogens is 240 g/mol. The van der Waals surface area contributed by atoms with Crippen molar-refractivity contribution >= 4 is 39.3 Å². The lowest BCUT2D eigenvalue weighted by Crippen LogP contribution is -2.03. The molecule has 0 aromatic carbocycles. The van der Waals surface area contributed by atoms with Gasteiger partial charge >= 0.3 is 5.97 Å². The van der Waals surface area contributed by atoms with Crippen LogP contribution < -0.4 is 11.1 Å². The number of ether oxygens (including phenoxy) is 1. The van der Waals surface area contributed by atoms with Crippen molar-refractivity contribution in [2.75, 3.05) is 24.7 Å². The van der Waals surface area contributed by atoms with Gasteiger partial charge in [0.15, 0.2) is 0 Å². The van der Waals surface area contributed by atoms with E-state index in [2.05, 4.69) is 20.0 Å². The van der Waals surface area contributed by atoms with Crippen LogP contribution in [0.2, 0.25) is 0 Å². The van der Waals surface area contributed by atoms with Crippen LogP contribution in [0.5, 0.6) is 0 Å². The average Bonchev–Trinajstić information content (AvgIpc) is 2.72. The Morgan fingerprint density at radius 2 is 2.35 bits per heavy atom. The van der Waals surface area contributed by atoms with Crippen LogP contribution >= 0.6 is 11.3 Å². The lowest BCUT2D eigenvalue weighted by molar-refractivity contribution is 0.0606. The van der Waals surface area contributed by atoms with Crippen molar-refractivity contribution in [2.24, 2.45) is 0 Å². The predicted octanol–water partition coefficient (Wildman–Crippen LogP) is 1.49. The van der Waals surface area contributed by atoms with E-state index in [1.165, 1.54) is 18.4 Å². The van der Waals surface area contributed by atoms with Crippen molar-refractivity contribution in [3.8, 4) is 0 Å². The summed E-state index contributed by atoms with van der Waals surface area (Å²) in [6, 6.07) is 1.71. The Morgan fingerprint density at radius 1 is 1.59 bits per heavy atom. The Morgan fingerprint density at radius 3 is 3.00 bits per heavy atom. The zero-order valence-electron chi connectivity index (χ0n) is 9.48. The Kier molecular flexibility index (Phi) is 3.10. The standard InChI is InChI=1S/C10H12N4O2S/c1-3-12-7-5-4-6(9(15)16-2)17-8(5)14-10(11)13-7/h4H,3H2,1-2H3,(H3,11,12,13,14). The van der Waals surface area contributed by atoms with Crippen LogP contribution in [0.15, 0.2) is 6.07 Å². The van der Waals surface area contributed by atoms with Crippen LogP contribution in [0.3, 0.4) is 0 Å². The first-order chi connectivity index (χ1) is 8.15. The second kappa shape index (κ2) is 4.54. The maximum Gasteiger partial charge on any atom is 0.348 e. The molecule has 0 saturated heterocycles. The molecule has 3 N–H and O–H groups in total. The second-order valence-corrected chi connectivity index (χ2v) is 4.31. The number of hydrogen-bond acceptors (Lipinski definition) is 7. The second-order valence-electron chi connectivity index (χ2n) is 3.28. The molecule has 17 heavy (non-hydrogen) atoms. The number of nitrogens with one attached hydrogen (secondary N) is 1. The van der Waals surface area contributed by atoms with Crippen LogP contribution in [-0.2, 0) is 4.74 Å². The van der Waals surface area contributed by atoms with Gasteiger partial charge in [-0.05, 0) is 13.0 Å². The van der Waals surface area contributed by atoms with Crippen LogP contribution in [0.25, 0.3) is 10.2 Å². The fourth-order valence-electron chi connectivity index (χ4n) is 1.44. The molecule has 6 nitrogen and oxygen atoms in total. The monoisotopic (exact) mass is 252 g/mol. The van der Waals surface area contributed by atoms with Crippen molar-refractivity contribution in [2.45, 2.75) is 6.92 Å². The number of rotatable bonds is 3. The van der Waals surface area contributed by atoms with Gasteiger partial charge in [-0.25, -0.2) is 9.78 Å². The van der Waals surface area contributed by atoms with Gasteiger partial charge in [0.2, 0.25) is 5.95 Å². The number of thiophene rings is 1. The van der Waals surface area contributed by atoms with Crippen molar-refractivity contribution in [1.29, 1.82) is 0 Å². The lowest BCUT2D eigenvalue weighted by atomic mass is 10.3. The summed E-state index contributed by atoms with van der Waals surface area (Å²) in [5.74, 6) is 0.446. The van der Waals surface area contributed by atoms with E-state index in [1.54, 1.807) is 6.07 Å². The zero-order valence-corrected chi connectivity index (χ0v) is 10.3. The van der Waals surface area contributed by atoms with Crippen molar-refractivity contribution < 1.29 is 9.53 Å². The number of anilines is 2. The Hall–Kier alpha value is -1.89. The lowest BCUT2D eigenvalue weighted by Gasteiger charge is -2.03. The van der Waals surface area contributed by atoms with Crippen LogP contribution in [0.1, 0.15) is 16.6 Å². The highest BCUT2D eigenvalue weighted by Gasteiger charge is 2.15. The topological polar surface area (TPSA) is 90.1 Å². The highest BCUT2D eigenvalue weighted by molar-refractivity contribution is 7.20. The van der Waals surface area contributed by atoms with Gasteiger partial charge in [0.05, 0.1) is 12.5 Å². The molecule has 90 valence electrons. The molecular formula is C10H12N4O2S. The first kappa shape index (κ1) is 11.6. The van der Waals surface area contributed by atoms with Crippen LogP contribution in [0, 0.1) is 0 Å². The molecule has 0 bridgehead atoms. The average molecular weight is 252 g/mol. The van der Waals surface area contributed by atoms with E-state index in [1.807, 2.05) is 6.92 Å². The molecule has 0 aliphatic rings. The van der Waals surface area contributed by atoms with Gasteiger partial charge in [0, 0.05) is 6.54 Å². The fraction of sp³-hybridized carbons (Fsp3) is 0.300. The molecule has 0 atom stereocenters. The van der Waals surface area contributed by atoms with E-state index in [0.29, 0.717) is 15.5 Å². The van der Waals surface area contributed by atoms with Gasteiger partial charge in [0.1, 0.15) is 15.5 Å². The summed E-state index contributed by atoms with van der Waals surface area (Å²) in [6.07, 6.45) is 0. The molecule has 0 aliphatic carbocycles. The van der Waals surface area contributed by atoms with E-state index in [4.69, 9.17) is 5.73 Å². The molecule has 0 saturated carbocycles. The Labute approximate surface area is 102 Å². The van der Waals surface area contributed by atoms with Gasteiger partial charge in [-0.15, -0.1) is 11.3 Å². The van der Waals surface area contributed by atoms with E-state index in [-0.39, 0.29) is 11.9 Å². The van der Waals surface area contributed by atoms with Crippen molar-refractivity contribution in [3.05, 3.63) is 10.9 Å². The minimum absolute atomic E-state index is 0.187. The molecule has 7 heteroatoms. The summed E-state index contributed by atoms with van der Waals surface area (Å²) >= 11 is 1.24. The Balaban J connectivity index is 2.58. The molecule has 2 heterocycles. The van der Waals surface area contributed by atoms with Crippen molar-refractivity contribution in [3.63, 3.8) is 0 Å². The third-order valence-corrected chi connectivity index (χ3v) is 3.15. The number of nitrogens with two attached hydrogens (primary N) is 1. The summed E-state index contributed by atoms with van der Waals surface area (Å²) in [5.41, 5.74) is 5.60. The fourth-order valence-corrected chi connectivity index (χ4v) is 2.40. The Bertz CT molecular complexity index is 567. The van der Waals surface area contributed by atoms with Gasteiger partial charge in [-0.2, -0.15) is 4.98 Å². The van der Waals surface area contributed by atoms with Gasteiger partial charge < -0.3 is 15.8 Å². The number of carbonyl (C=O) groups excluding carboxylic acids is 1. The normalized spacial score (nSPS) is 10.5. The van der Waals surface area contributed by atoms with E-state index >= 15 is 0 Å². The molecule has 0 unspecified atom stereocenters. The summed E-state index contributed by atoms with van der Waals surface area (Å²) in [7, 11) is 1.35. The molecule has 2 aromatic heterocycles. The number of carbonyl (C=O) groups is 1. The number of esters is 1. The third kappa shape index (κ3) is 2.14. The molecule has 2 aromatic rings.